The number of hydrogen-bond acceptors (Lipinski definition) is 5. The van der Waals surface area contributed by atoms with Gasteiger partial charge in [0.15, 0.2) is 5.82 Å². The molecule has 2 unspecified atom stereocenters. The van der Waals surface area contributed by atoms with E-state index >= 15 is 0 Å². The van der Waals surface area contributed by atoms with E-state index in [1.54, 1.807) is 18.3 Å². The number of amides is 1. The van der Waals surface area contributed by atoms with Crippen LogP contribution in [0.15, 0.2) is 60.8 Å². The van der Waals surface area contributed by atoms with Crippen molar-refractivity contribution < 1.29 is 15.0 Å². The molecule has 1 heterocycles. The zero-order valence-corrected chi connectivity index (χ0v) is 16.5. The minimum absolute atomic E-state index is 0.0372. The minimum Gasteiger partial charge on any atom is -0.392 e. The van der Waals surface area contributed by atoms with E-state index in [0.29, 0.717) is 17.7 Å². The highest BCUT2D eigenvalue weighted by molar-refractivity contribution is 5.92. The number of aliphatic hydroxyl groups excluding tert-OH is 2. The third-order valence-corrected chi connectivity index (χ3v) is 4.91. The fourth-order valence-electron chi connectivity index (χ4n) is 2.83. The second kappa shape index (κ2) is 9.41. The molecule has 2 atom stereocenters. The molecule has 3 rings (SSSR count). The molecule has 3 aromatic rings. The van der Waals surface area contributed by atoms with Crippen molar-refractivity contribution in [3.63, 3.8) is 0 Å². The van der Waals surface area contributed by atoms with Crippen LogP contribution in [-0.4, -0.2) is 26.1 Å². The number of carbonyl (C=O) groups excluding carboxylic acids is 1. The lowest BCUT2D eigenvalue weighted by Gasteiger charge is -2.17. The molecule has 6 nitrogen and oxygen atoms in total. The SMILES string of the molecule is CCC(C)C(=O)Nc1ncc(-c2ccc(CO)cc2)nc1C(O)c1ccccc1. The summed E-state index contributed by atoms with van der Waals surface area (Å²) < 4.78 is 0. The number of nitrogens with one attached hydrogen (secondary N) is 1. The van der Waals surface area contributed by atoms with Gasteiger partial charge in [-0.2, -0.15) is 0 Å². The predicted molar refractivity (Wildman–Crippen MR) is 112 cm³/mol. The maximum atomic E-state index is 12.4. The first kappa shape index (κ1) is 20.6. The number of rotatable bonds is 7. The molecule has 0 aliphatic carbocycles. The van der Waals surface area contributed by atoms with E-state index in [1.165, 1.54) is 0 Å². The lowest BCUT2D eigenvalue weighted by molar-refractivity contribution is -0.119. The molecule has 0 radical (unpaired) electrons. The summed E-state index contributed by atoms with van der Waals surface area (Å²) in [6, 6.07) is 16.4. The number of anilines is 1. The summed E-state index contributed by atoms with van der Waals surface area (Å²) in [5.41, 5.74) is 3.12. The van der Waals surface area contributed by atoms with Crippen LogP contribution in [0.25, 0.3) is 11.3 Å². The summed E-state index contributed by atoms with van der Waals surface area (Å²) in [7, 11) is 0. The van der Waals surface area contributed by atoms with Gasteiger partial charge in [-0.1, -0.05) is 68.4 Å². The van der Waals surface area contributed by atoms with Crippen molar-refractivity contribution in [2.45, 2.75) is 33.0 Å². The number of aliphatic hydroxyl groups is 2. The quantitative estimate of drug-likeness (QED) is 0.571. The van der Waals surface area contributed by atoms with Crippen LogP contribution in [0, 0.1) is 5.92 Å². The lowest BCUT2D eigenvalue weighted by Crippen LogP contribution is -2.22. The van der Waals surface area contributed by atoms with E-state index < -0.39 is 6.10 Å². The summed E-state index contributed by atoms with van der Waals surface area (Å²) in [6.07, 6.45) is 1.24. The first-order chi connectivity index (χ1) is 14.0. The Morgan fingerprint density at radius 3 is 2.41 bits per heavy atom. The van der Waals surface area contributed by atoms with Crippen molar-refractivity contribution in [3.05, 3.63) is 77.6 Å². The Labute approximate surface area is 170 Å². The monoisotopic (exact) mass is 391 g/mol. The van der Waals surface area contributed by atoms with Crippen LogP contribution < -0.4 is 5.32 Å². The average molecular weight is 391 g/mol. The van der Waals surface area contributed by atoms with Crippen molar-refractivity contribution in [2.75, 3.05) is 5.32 Å². The molecule has 3 N–H and O–H groups in total. The Balaban J connectivity index is 2.02. The van der Waals surface area contributed by atoms with Gasteiger partial charge in [0, 0.05) is 11.5 Å². The summed E-state index contributed by atoms with van der Waals surface area (Å²) in [4.78, 5) is 21.4. The normalized spacial score (nSPS) is 13.0. The summed E-state index contributed by atoms with van der Waals surface area (Å²) in [6.45, 7) is 3.74. The second-order valence-electron chi connectivity index (χ2n) is 6.96. The number of aromatic nitrogens is 2. The summed E-state index contributed by atoms with van der Waals surface area (Å²) in [5, 5.41) is 23.0. The van der Waals surface area contributed by atoms with E-state index in [4.69, 9.17) is 0 Å². The van der Waals surface area contributed by atoms with Gasteiger partial charge in [-0.25, -0.2) is 9.97 Å². The maximum absolute atomic E-state index is 12.4. The standard InChI is InChI=1S/C23H25N3O3/c1-3-15(2)23(29)26-22-20(21(28)18-7-5-4-6-8-18)25-19(13-24-22)17-11-9-16(14-27)10-12-17/h4-13,15,21,27-28H,3,14H2,1-2H3,(H,24,26,29). The van der Waals surface area contributed by atoms with Crippen molar-refractivity contribution in [1.29, 1.82) is 0 Å². The molecule has 6 heteroatoms. The molecule has 0 bridgehead atoms. The number of carbonyl (C=O) groups is 1. The molecule has 1 aromatic heterocycles. The van der Waals surface area contributed by atoms with Crippen molar-refractivity contribution in [2.24, 2.45) is 5.92 Å². The van der Waals surface area contributed by atoms with Gasteiger partial charge in [-0.05, 0) is 17.5 Å². The highest BCUT2D eigenvalue weighted by Crippen LogP contribution is 2.28. The van der Waals surface area contributed by atoms with Crippen LogP contribution in [0.2, 0.25) is 0 Å². The minimum atomic E-state index is -1.03. The molecule has 2 aromatic carbocycles. The molecule has 0 aliphatic rings. The maximum Gasteiger partial charge on any atom is 0.228 e. The van der Waals surface area contributed by atoms with Crippen LogP contribution in [0.3, 0.4) is 0 Å². The first-order valence-electron chi connectivity index (χ1n) is 9.64. The van der Waals surface area contributed by atoms with Crippen LogP contribution in [0.5, 0.6) is 0 Å². The fraction of sp³-hybridized carbons (Fsp3) is 0.261. The molecule has 0 aliphatic heterocycles. The van der Waals surface area contributed by atoms with Gasteiger partial charge in [0.25, 0.3) is 0 Å². The first-order valence-corrected chi connectivity index (χ1v) is 9.64. The van der Waals surface area contributed by atoms with Crippen LogP contribution in [-0.2, 0) is 11.4 Å². The smallest absolute Gasteiger partial charge is 0.228 e. The Morgan fingerprint density at radius 2 is 1.79 bits per heavy atom. The van der Waals surface area contributed by atoms with E-state index in [0.717, 1.165) is 11.1 Å². The Kier molecular flexibility index (Phi) is 6.69. The van der Waals surface area contributed by atoms with Gasteiger partial charge in [-0.15, -0.1) is 0 Å². The van der Waals surface area contributed by atoms with E-state index in [2.05, 4.69) is 15.3 Å². The van der Waals surface area contributed by atoms with Crippen LogP contribution in [0.1, 0.15) is 43.2 Å². The van der Waals surface area contributed by atoms with E-state index in [1.807, 2.05) is 56.3 Å². The third-order valence-electron chi connectivity index (χ3n) is 4.91. The highest BCUT2D eigenvalue weighted by Gasteiger charge is 2.21. The van der Waals surface area contributed by atoms with Crippen molar-refractivity contribution >= 4 is 11.7 Å². The van der Waals surface area contributed by atoms with E-state index in [9.17, 15) is 15.0 Å². The molecular weight excluding hydrogens is 366 g/mol. The Hall–Kier alpha value is -3.09. The molecule has 0 saturated heterocycles. The van der Waals surface area contributed by atoms with Gasteiger partial charge < -0.3 is 15.5 Å². The Bertz CT molecular complexity index is 959. The fourth-order valence-corrected chi connectivity index (χ4v) is 2.83. The third kappa shape index (κ3) is 4.85. The van der Waals surface area contributed by atoms with Crippen LogP contribution in [0.4, 0.5) is 5.82 Å². The zero-order valence-electron chi connectivity index (χ0n) is 16.5. The largest absolute Gasteiger partial charge is 0.392 e. The summed E-state index contributed by atoms with van der Waals surface area (Å²) >= 11 is 0. The predicted octanol–water partition coefficient (Wildman–Crippen LogP) is 3.70. The number of nitrogens with zero attached hydrogens (tertiary/aromatic N) is 2. The zero-order chi connectivity index (χ0) is 20.8. The number of hydrogen-bond donors (Lipinski definition) is 3. The van der Waals surface area contributed by atoms with Crippen molar-refractivity contribution in [3.8, 4) is 11.3 Å². The molecular formula is C23H25N3O3. The molecule has 0 spiro atoms. The highest BCUT2D eigenvalue weighted by atomic mass is 16.3. The van der Waals surface area contributed by atoms with Gasteiger partial charge in [-0.3, -0.25) is 4.79 Å². The molecule has 29 heavy (non-hydrogen) atoms. The molecule has 0 fully saturated rings. The Morgan fingerprint density at radius 1 is 1.10 bits per heavy atom. The molecule has 0 saturated carbocycles. The molecule has 1 amide bonds. The second-order valence-corrected chi connectivity index (χ2v) is 6.96. The number of benzene rings is 2. The average Bonchev–Trinajstić information content (AvgIpc) is 2.78. The molecule has 150 valence electrons. The topological polar surface area (TPSA) is 95.3 Å². The van der Waals surface area contributed by atoms with Gasteiger partial charge >= 0.3 is 0 Å². The van der Waals surface area contributed by atoms with Crippen LogP contribution >= 0.6 is 0 Å². The lowest BCUT2D eigenvalue weighted by atomic mass is 10.0. The van der Waals surface area contributed by atoms with Gasteiger partial charge in [0.05, 0.1) is 18.5 Å². The summed E-state index contributed by atoms with van der Waals surface area (Å²) in [5.74, 6) is -0.0880. The van der Waals surface area contributed by atoms with E-state index in [-0.39, 0.29) is 29.9 Å². The van der Waals surface area contributed by atoms with Crippen molar-refractivity contribution in [1.82, 2.24) is 9.97 Å². The van der Waals surface area contributed by atoms with Gasteiger partial charge in [0.1, 0.15) is 11.8 Å². The van der Waals surface area contributed by atoms with Gasteiger partial charge in [0.2, 0.25) is 5.91 Å².